The molecule has 0 aromatic carbocycles. The van der Waals surface area contributed by atoms with Crippen molar-refractivity contribution in [3.63, 3.8) is 0 Å². The first-order valence-corrected chi connectivity index (χ1v) is 6.61. The van der Waals surface area contributed by atoms with Crippen LogP contribution in [-0.2, 0) is 6.54 Å². The molecule has 2 aromatic heterocycles. The number of thiazole rings is 1. The monoisotopic (exact) mass is 246 g/mol. The van der Waals surface area contributed by atoms with Gasteiger partial charge in [0.25, 0.3) is 0 Å². The van der Waals surface area contributed by atoms with E-state index in [0.717, 1.165) is 29.1 Å². The summed E-state index contributed by atoms with van der Waals surface area (Å²) in [6, 6.07) is 2.64. The second-order valence-corrected chi connectivity index (χ2v) is 5.39. The summed E-state index contributed by atoms with van der Waals surface area (Å²) >= 11 is 1.70. The maximum absolute atomic E-state index is 4.41. The fraction of sp³-hybridized carbons (Fsp3) is 0.417. The standard InChI is InChI=1S/C12H14N4S/c1-8-13-5-4-11(16-8)12-15-7-10(17-12)6-14-9-2-3-9/h4-5,7,9,14H,2-3,6H2,1H3. The van der Waals surface area contributed by atoms with Crippen molar-refractivity contribution in [2.24, 2.45) is 0 Å². The lowest BCUT2D eigenvalue weighted by atomic mass is 10.4. The lowest BCUT2D eigenvalue weighted by Crippen LogP contribution is -2.14. The molecule has 0 saturated heterocycles. The van der Waals surface area contributed by atoms with Crippen molar-refractivity contribution < 1.29 is 0 Å². The molecule has 1 aliphatic carbocycles. The zero-order valence-corrected chi connectivity index (χ0v) is 10.5. The topological polar surface area (TPSA) is 50.7 Å². The summed E-state index contributed by atoms with van der Waals surface area (Å²) in [5.74, 6) is 0.787. The molecule has 0 aliphatic heterocycles. The number of hydrogen-bond donors (Lipinski definition) is 1. The maximum Gasteiger partial charge on any atom is 0.142 e. The van der Waals surface area contributed by atoms with Crippen LogP contribution in [0.3, 0.4) is 0 Å². The molecule has 0 radical (unpaired) electrons. The van der Waals surface area contributed by atoms with Gasteiger partial charge in [0, 0.05) is 29.9 Å². The molecule has 0 amide bonds. The van der Waals surface area contributed by atoms with Crippen LogP contribution in [0, 0.1) is 6.92 Å². The van der Waals surface area contributed by atoms with Crippen molar-refractivity contribution in [3.8, 4) is 10.7 Å². The van der Waals surface area contributed by atoms with Crippen molar-refractivity contribution in [1.82, 2.24) is 20.3 Å². The lowest BCUT2D eigenvalue weighted by molar-refractivity contribution is 0.694. The molecule has 2 heterocycles. The van der Waals surface area contributed by atoms with E-state index >= 15 is 0 Å². The van der Waals surface area contributed by atoms with Gasteiger partial charge in [-0.3, -0.25) is 0 Å². The average molecular weight is 246 g/mol. The number of nitrogens with one attached hydrogen (secondary N) is 1. The van der Waals surface area contributed by atoms with E-state index < -0.39 is 0 Å². The molecule has 0 bridgehead atoms. The summed E-state index contributed by atoms with van der Waals surface area (Å²) in [6.07, 6.45) is 6.35. The first-order valence-electron chi connectivity index (χ1n) is 5.79. The normalized spacial score (nSPS) is 15.1. The molecule has 17 heavy (non-hydrogen) atoms. The van der Waals surface area contributed by atoms with E-state index in [1.165, 1.54) is 17.7 Å². The highest BCUT2D eigenvalue weighted by atomic mass is 32.1. The Labute approximate surface area is 104 Å². The third-order valence-corrected chi connectivity index (χ3v) is 3.71. The van der Waals surface area contributed by atoms with Gasteiger partial charge in [0.2, 0.25) is 0 Å². The Bertz CT molecular complexity index is 519. The summed E-state index contributed by atoms with van der Waals surface area (Å²) < 4.78 is 0. The molecule has 5 heteroatoms. The molecule has 1 aliphatic rings. The minimum Gasteiger partial charge on any atom is -0.309 e. The molecule has 0 spiro atoms. The Morgan fingerprint density at radius 2 is 2.29 bits per heavy atom. The van der Waals surface area contributed by atoms with Crippen molar-refractivity contribution in [2.75, 3.05) is 0 Å². The van der Waals surface area contributed by atoms with Crippen LogP contribution in [0.25, 0.3) is 10.7 Å². The molecule has 3 rings (SSSR count). The van der Waals surface area contributed by atoms with Gasteiger partial charge >= 0.3 is 0 Å². The van der Waals surface area contributed by atoms with E-state index in [-0.39, 0.29) is 0 Å². The Morgan fingerprint density at radius 3 is 3.06 bits per heavy atom. The maximum atomic E-state index is 4.41. The molecule has 0 atom stereocenters. The first kappa shape index (κ1) is 10.8. The van der Waals surface area contributed by atoms with E-state index in [1.807, 2.05) is 19.2 Å². The van der Waals surface area contributed by atoms with Gasteiger partial charge in [0.1, 0.15) is 16.5 Å². The molecular weight excluding hydrogens is 232 g/mol. The second-order valence-electron chi connectivity index (χ2n) is 4.28. The van der Waals surface area contributed by atoms with Crippen LogP contribution in [0.15, 0.2) is 18.5 Å². The molecule has 1 fully saturated rings. The molecule has 1 N–H and O–H groups in total. The van der Waals surface area contributed by atoms with Crippen LogP contribution < -0.4 is 5.32 Å². The van der Waals surface area contributed by atoms with Crippen LogP contribution in [0.2, 0.25) is 0 Å². The van der Waals surface area contributed by atoms with Crippen LogP contribution in [0.1, 0.15) is 23.5 Å². The third-order valence-electron chi connectivity index (χ3n) is 2.69. The van der Waals surface area contributed by atoms with Crippen LogP contribution >= 0.6 is 11.3 Å². The summed E-state index contributed by atoms with van der Waals surface area (Å²) in [6.45, 7) is 2.82. The van der Waals surface area contributed by atoms with Gasteiger partial charge < -0.3 is 5.32 Å². The third kappa shape index (κ3) is 2.68. The number of aryl methyl sites for hydroxylation is 1. The smallest absolute Gasteiger partial charge is 0.142 e. The zero-order chi connectivity index (χ0) is 11.7. The molecule has 0 unspecified atom stereocenters. The van der Waals surface area contributed by atoms with E-state index in [0.29, 0.717) is 0 Å². The highest BCUT2D eigenvalue weighted by Crippen LogP contribution is 2.24. The minimum absolute atomic E-state index is 0.738. The quantitative estimate of drug-likeness (QED) is 0.898. The van der Waals surface area contributed by atoms with Crippen molar-refractivity contribution in [3.05, 3.63) is 29.2 Å². The number of hydrogen-bond acceptors (Lipinski definition) is 5. The van der Waals surface area contributed by atoms with Crippen LogP contribution in [0.4, 0.5) is 0 Å². The van der Waals surface area contributed by atoms with Crippen molar-refractivity contribution >= 4 is 11.3 Å². The molecule has 88 valence electrons. The van der Waals surface area contributed by atoms with E-state index in [9.17, 15) is 0 Å². The molecule has 1 saturated carbocycles. The number of rotatable bonds is 4. The summed E-state index contributed by atoms with van der Waals surface area (Å²) in [5, 5.41) is 4.46. The van der Waals surface area contributed by atoms with E-state index in [1.54, 1.807) is 17.5 Å². The summed E-state index contributed by atoms with van der Waals surface area (Å²) in [7, 11) is 0. The van der Waals surface area contributed by atoms with Gasteiger partial charge in [-0.2, -0.15) is 0 Å². The highest BCUT2D eigenvalue weighted by molar-refractivity contribution is 7.14. The fourth-order valence-electron chi connectivity index (χ4n) is 1.62. The SMILES string of the molecule is Cc1nccc(-c2ncc(CNC3CC3)s2)n1. The van der Waals surface area contributed by atoms with Gasteiger partial charge in [0.05, 0.1) is 0 Å². The number of aromatic nitrogens is 3. The lowest BCUT2D eigenvalue weighted by Gasteiger charge is -1.97. The molecule has 2 aromatic rings. The Balaban J connectivity index is 1.74. The highest BCUT2D eigenvalue weighted by Gasteiger charge is 2.20. The predicted molar refractivity (Wildman–Crippen MR) is 67.7 cm³/mol. The van der Waals surface area contributed by atoms with Crippen LogP contribution in [0.5, 0.6) is 0 Å². The van der Waals surface area contributed by atoms with E-state index in [2.05, 4.69) is 20.3 Å². The molecule has 4 nitrogen and oxygen atoms in total. The fourth-order valence-corrected chi connectivity index (χ4v) is 2.45. The van der Waals surface area contributed by atoms with Crippen molar-refractivity contribution in [2.45, 2.75) is 32.4 Å². The van der Waals surface area contributed by atoms with Crippen LogP contribution in [-0.4, -0.2) is 21.0 Å². The van der Waals surface area contributed by atoms with Gasteiger partial charge in [-0.1, -0.05) is 0 Å². The van der Waals surface area contributed by atoms with Gasteiger partial charge in [-0.05, 0) is 25.8 Å². The van der Waals surface area contributed by atoms with Gasteiger partial charge in [-0.15, -0.1) is 11.3 Å². The Morgan fingerprint density at radius 1 is 1.41 bits per heavy atom. The van der Waals surface area contributed by atoms with E-state index in [4.69, 9.17) is 0 Å². The predicted octanol–water partition coefficient (Wildman–Crippen LogP) is 2.16. The average Bonchev–Trinajstić information content (AvgIpc) is 3.04. The largest absolute Gasteiger partial charge is 0.309 e. The number of nitrogens with zero attached hydrogens (tertiary/aromatic N) is 3. The second kappa shape index (κ2) is 4.50. The zero-order valence-electron chi connectivity index (χ0n) is 9.68. The Hall–Kier alpha value is -1.33. The minimum atomic E-state index is 0.738. The Kier molecular flexibility index (Phi) is 2.86. The van der Waals surface area contributed by atoms with Gasteiger partial charge in [-0.25, -0.2) is 15.0 Å². The molecular formula is C12H14N4S. The first-order chi connectivity index (χ1) is 8.31. The van der Waals surface area contributed by atoms with Gasteiger partial charge in [0.15, 0.2) is 0 Å². The summed E-state index contributed by atoms with van der Waals surface area (Å²) in [5.41, 5.74) is 0.917. The summed E-state index contributed by atoms with van der Waals surface area (Å²) in [4.78, 5) is 14.2. The van der Waals surface area contributed by atoms with Crippen molar-refractivity contribution in [1.29, 1.82) is 0 Å².